The molecule has 3 saturated heterocycles. The van der Waals surface area contributed by atoms with Crippen LogP contribution in [0.2, 0.25) is 0 Å². The van der Waals surface area contributed by atoms with Crippen LogP contribution < -0.4 is 0 Å². The Kier molecular flexibility index (Phi) is 3.22. The van der Waals surface area contributed by atoms with Gasteiger partial charge in [-0.25, -0.2) is 4.79 Å². The van der Waals surface area contributed by atoms with Crippen LogP contribution in [0.1, 0.15) is 34.1 Å². The number of esters is 1. The lowest BCUT2D eigenvalue weighted by atomic mass is 9.96. The Morgan fingerprint density at radius 3 is 2.61 bits per heavy atom. The van der Waals surface area contributed by atoms with Gasteiger partial charge in [0.05, 0.1) is 6.61 Å². The minimum atomic E-state index is -1.18. The Bertz CT molecular complexity index is 555. The Balaban J connectivity index is 1.69. The number of cyclic esters (lactones) is 1. The van der Waals surface area contributed by atoms with Gasteiger partial charge in [0.1, 0.15) is 18.3 Å². The maximum absolute atomic E-state index is 11.7. The second kappa shape index (κ2) is 4.77. The summed E-state index contributed by atoms with van der Waals surface area (Å²) in [5.41, 5.74) is 0. The number of fused-ring (bicyclic) bond motifs is 3. The van der Waals surface area contributed by atoms with E-state index in [1.54, 1.807) is 6.08 Å². The summed E-state index contributed by atoms with van der Waals surface area (Å²) in [6, 6.07) is 0. The highest BCUT2D eigenvalue weighted by atomic mass is 16.9. The van der Waals surface area contributed by atoms with Crippen LogP contribution in [0.3, 0.4) is 0 Å². The summed E-state index contributed by atoms with van der Waals surface area (Å²) >= 11 is 0. The molecule has 128 valence electrons. The minimum absolute atomic E-state index is 0.325. The predicted molar refractivity (Wildman–Crippen MR) is 76.2 cm³/mol. The number of ether oxygens (including phenoxy) is 6. The number of rotatable bonds is 1. The van der Waals surface area contributed by atoms with Gasteiger partial charge in [0.25, 0.3) is 0 Å². The average Bonchev–Trinajstić information content (AvgIpc) is 2.87. The van der Waals surface area contributed by atoms with Gasteiger partial charge >= 0.3 is 5.97 Å². The van der Waals surface area contributed by atoms with E-state index in [1.807, 2.05) is 27.7 Å². The van der Waals surface area contributed by atoms with E-state index in [9.17, 15) is 4.79 Å². The zero-order valence-corrected chi connectivity index (χ0v) is 13.7. The van der Waals surface area contributed by atoms with Crippen molar-refractivity contribution >= 4 is 5.97 Å². The van der Waals surface area contributed by atoms with E-state index in [-0.39, 0.29) is 12.2 Å². The second-order valence-electron chi connectivity index (χ2n) is 7.27. The van der Waals surface area contributed by atoms with E-state index in [0.717, 1.165) is 0 Å². The standard InChI is InChI=1S/C16H22O7/c1-14(2)18-8-9-12(21-14)13-16(20-9,23-15(3,4)22-13)10-6-5-7-11(17)19-10/h5,7,9-10,12-13H,6,8H2,1-4H3/t9-,10+,12+,13-,16-/m0/s1. The Labute approximate surface area is 134 Å². The van der Waals surface area contributed by atoms with Crippen LogP contribution in [0.4, 0.5) is 0 Å². The van der Waals surface area contributed by atoms with Crippen LogP contribution in [0.15, 0.2) is 12.2 Å². The van der Waals surface area contributed by atoms with Crippen molar-refractivity contribution in [3.05, 3.63) is 12.2 Å². The van der Waals surface area contributed by atoms with Crippen molar-refractivity contribution in [3.63, 3.8) is 0 Å². The van der Waals surface area contributed by atoms with Crippen molar-refractivity contribution in [2.45, 2.75) is 75.9 Å². The van der Waals surface area contributed by atoms with E-state index < -0.39 is 35.5 Å². The summed E-state index contributed by atoms with van der Waals surface area (Å²) in [6.07, 6.45) is 1.95. The lowest BCUT2D eigenvalue weighted by Crippen LogP contribution is -2.54. The maximum Gasteiger partial charge on any atom is 0.330 e. The highest BCUT2D eigenvalue weighted by Crippen LogP contribution is 2.51. The van der Waals surface area contributed by atoms with Gasteiger partial charge in [-0.05, 0) is 27.7 Å². The third kappa shape index (κ3) is 2.42. The Hall–Kier alpha value is -0.990. The first-order valence-corrected chi connectivity index (χ1v) is 7.96. The molecule has 0 aliphatic carbocycles. The first-order chi connectivity index (χ1) is 10.7. The zero-order valence-electron chi connectivity index (χ0n) is 13.7. The van der Waals surface area contributed by atoms with Crippen LogP contribution in [-0.4, -0.2) is 54.4 Å². The monoisotopic (exact) mass is 326 g/mol. The van der Waals surface area contributed by atoms with Crippen molar-refractivity contribution in [3.8, 4) is 0 Å². The van der Waals surface area contributed by atoms with Crippen LogP contribution in [-0.2, 0) is 33.2 Å². The molecule has 0 bridgehead atoms. The average molecular weight is 326 g/mol. The van der Waals surface area contributed by atoms with E-state index in [4.69, 9.17) is 28.4 Å². The molecule has 4 aliphatic heterocycles. The molecular weight excluding hydrogens is 304 g/mol. The quantitative estimate of drug-likeness (QED) is 0.672. The molecule has 5 atom stereocenters. The summed E-state index contributed by atoms with van der Waals surface area (Å²) in [5.74, 6) is -3.16. The van der Waals surface area contributed by atoms with Crippen LogP contribution >= 0.6 is 0 Å². The normalized spacial score (nSPS) is 47.0. The highest BCUT2D eigenvalue weighted by molar-refractivity contribution is 5.82. The van der Waals surface area contributed by atoms with Gasteiger partial charge in [-0.3, -0.25) is 0 Å². The SMILES string of the molecule is CC1(C)OC[C@@H]2O[C@@]3([C@H]4CC=CC(=O)O4)OC(C)(C)O[C@H]3[C@@H]2O1. The Morgan fingerprint density at radius 1 is 1.09 bits per heavy atom. The van der Waals surface area contributed by atoms with Crippen molar-refractivity contribution in [2.24, 2.45) is 0 Å². The molecule has 7 heteroatoms. The molecule has 7 nitrogen and oxygen atoms in total. The number of hydrogen-bond donors (Lipinski definition) is 0. The zero-order chi connectivity index (χ0) is 16.5. The summed E-state index contributed by atoms with van der Waals surface area (Å²) in [5, 5.41) is 0. The van der Waals surface area contributed by atoms with Crippen molar-refractivity contribution in [2.75, 3.05) is 6.61 Å². The summed E-state index contributed by atoms with van der Waals surface area (Å²) in [4.78, 5) is 11.7. The first kappa shape index (κ1) is 15.5. The molecule has 23 heavy (non-hydrogen) atoms. The summed E-state index contributed by atoms with van der Waals surface area (Å²) in [7, 11) is 0. The largest absolute Gasteiger partial charge is 0.453 e. The molecule has 0 amide bonds. The molecule has 0 unspecified atom stereocenters. The van der Waals surface area contributed by atoms with Crippen LogP contribution in [0.5, 0.6) is 0 Å². The van der Waals surface area contributed by atoms with E-state index in [2.05, 4.69) is 0 Å². The molecule has 3 fully saturated rings. The molecule has 0 aromatic heterocycles. The van der Waals surface area contributed by atoms with Gasteiger partial charge in [0.2, 0.25) is 5.79 Å². The smallest absolute Gasteiger partial charge is 0.330 e. The molecule has 4 heterocycles. The molecule has 0 radical (unpaired) electrons. The van der Waals surface area contributed by atoms with Crippen molar-refractivity contribution < 1.29 is 33.2 Å². The highest BCUT2D eigenvalue weighted by Gasteiger charge is 2.71. The van der Waals surface area contributed by atoms with Crippen LogP contribution in [0, 0.1) is 0 Å². The fourth-order valence-electron chi connectivity index (χ4n) is 3.74. The topological polar surface area (TPSA) is 72.5 Å². The molecule has 4 aliphatic rings. The molecule has 0 N–H and O–H groups in total. The minimum Gasteiger partial charge on any atom is -0.453 e. The molecule has 0 aromatic carbocycles. The molecule has 0 aromatic rings. The fourth-order valence-corrected chi connectivity index (χ4v) is 3.74. The van der Waals surface area contributed by atoms with Gasteiger partial charge in [-0.1, -0.05) is 6.08 Å². The van der Waals surface area contributed by atoms with E-state index in [0.29, 0.717) is 13.0 Å². The van der Waals surface area contributed by atoms with Crippen molar-refractivity contribution in [1.29, 1.82) is 0 Å². The first-order valence-electron chi connectivity index (χ1n) is 7.96. The third-order valence-electron chi connectivity index (χ3n) is 4.54. The third-order valence-corrected chi connectivity index (χ3v) is 4.54. The number of carbonyl (C=O) groups excluding carboxylic acids is 1. The van der Waals surface area contributed by atoms with Gasteiger partial charge in [-0.15, -0.1) is 0 Å². The van der Waals surface area contributed by atoms with Gasteiger partial charge in [-0.2, -0.15) is 0 Å². The van der Waals surface area contributed by atoms with Crippen molar-refractivity contribution in [1.82, 2.24) is 0 Å². The Morgan fingerprint density at radius 2 is 1.87 bits per heavy atom. The summed E-state index contributed by atoms with van der Waals surface area (Å²) in [6.45, 7) is 7.72. The summed E-state index contributed by atoms with van der Waals surface area (Å²) < 4.78 is 35.6. The second-order valence-corrected chi connectivity index (χ2v) is 7.27. The van der Waals surface area contributed by atoms with Gasteiger partial charge in [0.15, 0.2) is 17.7 Å². The van der Waals surface area contributed by atoms with E-state index >= 15 is 0 Å². The number of carbonyl (C=O) groups is 1. The van der Waals surface area contributed by atoms with Gasteiger partial charge in [0, 0.05) is 12.5 Å². The maximum atomic E-state index is 11.7. The lowest BCUT2D eigenvalue weighted by molar-refractivity contribution is -0.336. The molecular formula is C16H22O7. The molecule has 0 saturated carbocycles. The van der Waals surface area contributed by atoms with Gasteiger partial charge < -0.3 is 28.4 Å². The fraction of sp³-hybridized carbons (Fsp3) is 0.812. The molecule has 0 spiro atoms. The van der Waals surface area contributed by atoms with E-state index in [1.165, 1.54) is 6.08 Å². The van der Waals surface area contributed by atoms with Crippen LogP contribution in [0.25, 0.3) is 0 Å². The lowest BCUT2D eigenvalue weighted by Gasteiger charge is -2.38. The number of hydrogen-bond acceptors (Lipinski definition) is 7. The predicted octanol–water partition coefficient (Wildman–Crippen LogP) is 1.26. The molecule has 4 rings (SSSR count).